The zero-order valence-corrected chi connectivity index (χ0v) is 15.2. The van der Waals surface area contributed by atoms with Crippen LogP contribution in [-0.4, -0.2) is 18.5 Å². The number of fused-ring (bicyclic) bond motifs is 1. The van der Waals surface area contributed by atoms with Crippen molar-refractivity contribution in [1.29, 1.82) is 0 Å². The fraction of sp³-hybridized carbons (Fsp3) is 0.150. The van der Waals surface area contributed by atoms with E-state index in [1.54, 1.807) is 49.4 Å². The summed E-state index contributed by atoms with van der Waals surface area (Å²) >= 11 is 6.09. The van der Waals surface area contributed by atoms with Crippen LogP contribution in [0.4, 0.5) is 0 Å². The largest absolute Gasteiger partial charge is 0.452 e. The molecule has 0 unspecified atom stereocenters. The number of carbonyl (C=O) groups is 2. The first-order valence-electron chi connectivity index (χ1n) is 8.19. The summed E-state index contributed by atoms with van der Waals surface area (Å²) in [5, 5.41) is 3.79. The number of para-hydroxylation sites is 1. The fourth-order valence-corrected chi connectivity index (χ4v) is 2.90. The molecule has 0 radical (unpaired) electrons. The lowest BCUT2D eigenvalue weighted by Gasteiger charge is -2.15. The summed E-state index contributed by atoms with van der Waals surface area (Å²) in [7, 11) is 0. The molecule has 27 heavy (non-hydrogen) atoms. The van der Waals surface area contributed by atoms with Crippen LogP contribution < -0.4 is 10.9 Å². The van der Waals surface area contributed by atoms with Crippen LogP contribution in [-0.2, 0) is 9.53 Å². The van der Waals surface area contributed by atoms with E-state index in [2.05, 4.69) is 5.32 Å². The summed E-state index contributed by atoms with van der Waals surface area (Å²) < 4.78 is 10.0. The summed E-state index contributed by atoms with van der Waals surface area (Å²) in [4.78, 5) is 36.1. The Bertz CT molecular complexity index is 1060. The van der Waals surface area contributed by atoms with Gasteiger partial charge in [0.1, 0.15) is 11.1 Å². The van der Waals surface area contributed by atoms with Crippen LogP contribution in [0.25, 0.3) is 11.0 Å². The third-order valence-electron chi connectivity index (χ3n) is 3.94. The van der Waals surface area contributed by atoms with Gasteiger partial charge in [-0.25, -0.2) is 9.59 Å². The first-order valence-corrected chi connectivity index (χ1v) is 8.57. The third kappa shape index (κ3) is 4.35. The van der Waals surface area contributed by atoms with Crippen LogP contribution in [0.1, 0.15) is 28.9 Å². The molecule has 1 amide bonds. The van der Waals surface area contributed by atoms with Gasteiger partial charge in [0.25, 0.3) is 5.91 Å². The molecule has 1 N–H and O–H groups in total. The summed E-state index contributed by atoms with van der Waals surface area (Å²) in [5.41, 5.74) is 0.0311. The van der Waals surface area contributed by atoms with Crippen LogP contribution in [0.15, 0.2) is 63.8 Å². The summed E-state index contributed by atoms with van der Waals surface area (Å²) in [6.07, 6.45) is 0. The lowest BCUT2D eigenvalue weighted by atomic mass is 10.1. The molecule has 1 aromatic heterocycles. The number of hydrogen-bond acceptors (Lipinski definition) is 5. The molecule has 0 aliphatic carbocycles. The van der Waals surface area contributed by atoms with Gasteiger partial charge in [0.05, 0.1) is 6.04 Å². The summed E-state index contributed by atoms with van der Waals surface area (Å²) in [6, 6.07) is 14.9. The zero-order valence-electron chi connectivity index (χ0n) is 14.4. The second-order valence-corrected chi connectivity index (χ2v) is 6.28. The maximum absolute atomic E-state index is 12.1. The average Bonchev–Trinajstić information content (AvgIpc) is 2.65. The van der Waals surface area contributed by atoms with Gasteiger partial charge in [-0.1, -0.05) is 48.0 Å². The van der Waals surface area contributed by atoms with E-state index in [4.69, 9.17) is 20.8 Å². The molecule has 138 valence electrons. The van der Waals surface area contributed by atoms with Crippen LogP contribution in [0, 0.1) is 0 Å². The maximum atomic E-state index is 12.1. The molecule has 0 fully saturated rings. The van der Waals surface area contributed by atoms with Crippen molar-refractivity contribution in [2.75, 3.05) is 6.61 Å². The Kier molecular flexibility index (Phi) is 5.57. The number of rotatable bonds is 5. The second kappa shape index (κ2) is 8.05. The molecule has 0 aliphatic heterocycles. The highest BCUT2D eigenvalue weighted by Gasteiger charge is 2.18. The molecule has 0 bridgehead atoms. The molecule has 6 nitrogen and oxygen atoms in total. The second-order valence-electron chi connectivity index (χ2n) is 5.87. The predicted octanol–water partition coefficient (Wildman–Crippen LogP) is 3.48. The molecular weight excluding hydrogens is 370 g/mol. The maximum Gasteiger partial charge on any atom is 0.351 e. The Morgan fingerprint density at radius 1 is 1.15 bits per heavy atom. The van der Waals surface area contributed by atoms with Crippen molar-refractivity contribution >= 4 is 34.4 Å². The van der Waals surface area contributed by atoms with Gasteiger partial charge in [-0.2, -0.15) is 0 Å². The molecule has 3 aromatic rings. The predicted molar refractivity (Wildman–Crippen MR) is 101 cm³/mol. The van der Waals surface area contributed by atoms with Crippen molar-refractivity contribution in [2.45, 2.75) is 13.0 Å². The van der Waals surface area contributed by atoms with Crippen LogP contribution in [0.2, 0.25) is 5.02 Å². The molecule has 7 heteroatoms. The number of nitrogens with one attached hydrogen (secondary N) is 1. The van der Waals surface area contributed by atoms with Crippen LogP contribution in [0.3, 0.4) is 0 Å². The highest BCUT2D eigenvalue weighted by atomic mass is 35.5. The fourth-order valence-electron chi connectivity index (χ4n) is 2.60. The Hall–Kier alpha value is -3.12. The van der Waals surface area contributed by atoms with E-state index in [-0.39, 0.29) is 11.6 Å². The van der Waals surface area contributed by atoms with Crippen molar-refractivity contribution in [2.24, 2.45) is 0 Å². The number of carbonyl (C=O) groups excluding carboxylic acids is 2. The van der Waals surface area contributed by atoms with Gasteiger partial charge in [0, 0.05) is 10.4 Å². The van der Waals surface area contributed by atoms with Crippen molar-refractivity contribution < 1.29 is 18.7 Å². The van der Waals surface area contributed by atoms with Crippen LogP contribution >= 0.6 is 11.6 Å². The molecule has 3 rings (SSSR count). The van der Waals surface area contributed by atoms with Gasteiger partial charge < -0.3 is 14.5 Å². The lowest BCUT2D eigenvalue weighted by Crippen LogP contribution is -2.31. The van der Waals surface area contributed by atoms with E-state index in [9.17, 15) is 14.4 Å². The highest BCUT2D eigenvalue weighted by molar-refractivity contribution is 6.31. The van der Waals surface area contributed by atoms with E-state index in [1.807, 2.05) is 6.07 Å². The smallest absolute Gasteiger partial charge is 0.351 e. The minimum atomic E-state index is -0.921. The topological polar surface area (TPSA) is 85.6 Å². The van der Waals surface area contributed by atoms with Crippen LogP contribution in [0.5, 0.6) is 0 Å². The molecule has 1 atom stereocenters. The standard InChI is InChI=1S/C20H16ClNO5/c1-12(14-7-3-4-8-16(14)21)22-18(23)11-26-19(24)15-10-13-6-2-5-9-17(13)27-20(15)25/h2-10,12H,11H2,1H3,(H,22,23)/t12-/m1/s1. The minimum absolute atomic E-state index is 0.263. The Morgan fingerprint density at radius 3 is 2.63 bits per heavy atom. The molecule has 2 aromatic carbocycles. The zero-order chi connectivity index (χ0) is 19.4. The van der Waals surface area contributed by atoms with Gasteiger partial charge in [-0.3, -0.25) is 4.79 Å². The SMILES string of the molecule is C[C@@H](NC(=O)COC(=O)c1cc2ccccc2oc1=O)c1ccccc1Cl. The molecular formula is C20H16ClNO5. The Morgan fingerprint density at radius 2 is 1.85 bits per heavy atom. The normalized spacial score (nSPS) is 11.8. The first kappa shape index (κ1) is 18.7. The van der Waals surface area contributed by atoms with Gasteiger partial charge in [-0.15, -0.1) is 0 Å². The molecule has 0 aliphatic rings. The van der Waals surface area contributed by atoms with Gasteiger partial charge in [0.15, 0.2) is 6.61 Å². The lowest BCUT2D eigenvalue weighted by molar-refractivity contribution is -0.124. The molecule has 1 heterocycles. The quantitative estimate of drug-likeness (QED) is 0.536. The van der Waals surface area contributed by atoms with Crippen molar-refractivity contribution in [3.05, 3.63) is 81.2 Å². The number of halogens is 1. The molecule has 0 spiro atoms. The van der Waals surface area contributed by atoms with E-state index >= 15 is 0 Å². The number of esters is 1. The number of benzene rings is 2. The minimum Gasteiger partial charge on any atom is -0.452 e. The van der Waals surface area contributed by atoms with E-state index in [1.165, 1.54) is 6.07 Å². The molecule has 0 saturated heterocycles. The van der Waals surface area contributed by atoms with Crippen molar-refractivity contribution in [1.82, 2.24) is 5.32 Å². The molecule has 0 saturated carbocycles. The summed E-state index contributed by atoms with van der Waals surface area (Å²) in [5.74, 6) is -1.43. The number of ether oxygens (including phenoxy) is 1. The highest BCUT2D eigenvalue weighted by Crippen LogP contribution is 2.22. The Balaban J connectivity index is 1.64. The number of hydrogen-bond donors (Lipinski definition) is 1. The van der Waals surface area contributed by atoms with E-state index in [0.29, 0.717) is 16.0 Å². The average molecular weight is 386 g/mol. The summed E-state index contributed by atoms with van der Waals surface area (Å²) in [6.45, 7) is 1.23. The first-order chi connectivity index (χ1) is 13.0. The van der Waals surface area contributed by atoms with Gasteiger partial charge in [0.2, 0.25) is 0 Å². The van der Waals surface area contributed by atoms with E-state index in [0.717, 1.165) is 5.56 Å². The number of amides is 1. The Labute approximate surface area is 159 Å². The van der Waals surface area contributed by atoms with E-state index < -0.39 is 24.1 Å². The van der Waals surface area contributed by atoms with Gasteiger partial charge in [-0.05, 0) is 30.7 Å². The third-order valence-corrected chi connectivity index (χ3v) is 4.29. The van der Waals surface area contributed by atoms with Crippen molar-refractivity contribution in [3.63, 3.8) is 0 Å². The monoisotopic (exact) mass is 385 g/mol. The van der Waals surface area contributed by atoms with Gasteiger partial charge >= 0.3 is 11.6 Å². The van der Waals surface area contributed by atoms with Crippen molar-refractivity contribution in [3.8, 4) is 0 Å².